The van der Waals surface area contributed by atoms with Crippen molar-refractivity contribution in [1.82, 2.24) is 4.90 Å². The molecule has 0 aliphatic carbocycles. The largest absolute Gasteiger partial charge is 0.488 e. The van der Waals surface area contributed by atoms with Gasteiger partial charge >= 0.3 is 5.97 Å². The minimum Gasteiger partial charge on any atom is -0.488 e. The summed E-state index contributed by atoms with van der Waals surface area (Å²) in [6.07, 6.45) is 1.78. The molecule has 1 atom stereocenters. The summed E-state index contributed by atoms with van der Waals surface area (Å²) in [5, 5.41) is 6.89. The zero-order valence-electron chi connectivity index (χ0n) is 12.6. The molecule has 0 radical (unpaired) electrons. The van der Waals surface area contributed by atoms with Crippen LogP contribution in [0.4, 0.5) is 0 Å². The van der Waals surface area contributed by atoms with E-state index in [9.17, 15) is 4.79 Å². The second-order valence-electron chi connectivity index (χ2n) is 5.53. The van der Waals surface area contributed by atoms with Crippen molar-refractivity contribution in [3.8, 4) is 5.75 Å². The van der Waals surface area contributed by atoms with E-state index in [1.807, 2.05) is 12.1 Å². The lowest BCUT2D eigenvalue weighted by Crippen LogP contribution is -2.55. The van der Waals surface area contributed by atoms with Crippen molar-refractivity contribution < 1.29 is 24.2 Å². The van der Waals surface area contributed by atoms with Crippen LogP contribution in [0.25, 0.3) is 0 Å². The molecule has 2 aliphatic heterocycles. The van der Waals surface area contributed by atoms with Crippen LogP contribution in [-0.4, -0.2) is 54.3 Å². The first kappa shape index (κ1) is 16.3. The van der Waals surface area contributed by atoms with Crippen LogP contribution in [0.5, 0.6) is 5.75 Å². The Balaban J connectivity index is 0.000000545. The van der Waals surface area contributed by atoms with Gasteiger partial charge in [-0.3, -0.25) is 14.5 Å². The van der Waals surface area contributed by atoms with Crippen LogP contribution in [0.2, 0.25) is 0 Å². The zero-order chi connectivity index (χ0) is 15.9. The Morgan fingerprint density at radius 1 is 1.45 bits per heavy atom. The second kappa shape index (κ2) is 7.79. The Morgan fingerprint density at radius 2 is 2.18 bits per heavy atom. The molecule has 2 saturated heterocycles. The molecule has 0 aromatic heterocycles. The topological polar surface area (TPSA) is 76.1 Å². The van der Waals surface area contributed by atoms with Gasteiger partial charge in [-0.2, -0.15) is 0 Å². The smallest absolute Gasteiger partial charge is 0.306 e. The molecule has 2 heterocycles. The fourth-order valence-electron chi connectivity index (χ4n) is 2.63. The highest BCUT2D eigenvalue weighted by Crippen LogP contribution is 2.21. The van der Waals surface area contributed by atoms with Gasteiger partial charge in [-0.25, -0.2) is 0 Å². The molecule has 0 spiro atoms. The van der Waals surface area contributed by atoms with Crippen LogP contribution in [-0.2, 0) is 14.3 Å². The fourth-order valence-corrected chi connectivity index (χ4v) is 2.63. The molecule has 0 bridgehead atoms. The highest BCUT2D eigenvalue weighted by molar-refractivity contribution is 5.71. The third-order valence-corrected chi connectivity index (χ3v) is 3.65. The Morgan fingerprint density at radius 3 is 2.77 bits per heavy atom. The molecule has 0 amide bonds. The normalized spacial score (nSPS) is 21.3. The zero-order valence-corrected chi connectivity index (χ0v) is 12.6. The van der Waals surface area contributed by atoms with E-state index in [0.717, 1.165) is 31.8 Å². The lowest BCUT2D eigenvalue weighted by atomic mass is 10.1. The Kier molecular flexibility index (Phi) is 5.77. The number of benzene rings is 1. The number of carbonyl (C=O) groups is 2. The number of hydrogen-bond acceptors (Lipinski definition) is 5. The molecule has 2 fully saturated rings. The van der Waals surface area contributed by atoms with Crippen LogP contribution in [0, 0.1) is 6.92 Å². The molecule has 1 unspecified atom stereocenters. The maximum Gasteiger partial charge on any atom is 0.306 e. The number of esters is 1. The van der Waals surface area contributed by atoms with E-state index >= 15 is 0 Å². The first-order chi connectivity index (χ1) is 10.6. The van der Waals surface area contributed by atoms with Crippen LogP contribution in [0.15, 0.2) is 24.3 Å². The predicted octanol–water partition coefficient (Wildman–Crippen LogP) is 1.46. The molecule has 1 aromatic rings. The molecule has 1 aromatic carbocycles. The number of carbonyl (C=O) groups excluding carboxylic acids is 1. The van der Waals surface area contributed by atoms with Gasteiger partial charge in [0, 0.05) is 26.1 Å². The van der Waals surface area contributed by atoms with Crippen molar-refractivity contribution in [3.05, 3.63) is 29.8 Å². The third-order valence-electron chi connectivity index (χ3n) is 3.65. The van der Waals surface area contributed by atoms with Crippen molar-refractivity contribution in [3.63, 3.8) is 0 Å². The molecule has 120 valence electrons. The number of hydrogen-bond donors (Lipinski definition) is 1. The van der Waals surface area contributed by atoms with E-state index in [1.165, 1.54) is 5.56 Å². The predicted molar refractivity (Wildman–Crippen MR) is 79.8 cm³/mol. The van der Waals surface area contributed by atoms with Crippen LogP contribution in [0.3, 0.4) is 0 Å². The second-order valence-corrected chi connectivity index (χ2v) is 5.53. The van der Waals surface area contributed by atoms with Crippen LogP contribution < -0.4 is 4.74 Å². The minimum atomic E-state index is -0.250. The van der Waals surface area contributed by atoms with Gasteiger partial charge in [-0.1, -0.05) is 12.1 Å². The van der Waals surface area contributed by atoms with Gasteiger partial charge in [0.05, 0.1) is 0 Å². The number of ether oxygens (including phenoxy) is 2. The number of carboxylic acid groups (broad SMARTS) is 1. The summed E-state index contributed by atoms with van der Waals surface area (Å²) in [6.45, 7) is 4.50. The van der Waals surface area contributed by atoms with Crippen molar-refractivity contribution in [1.29, 1.82) is 0 Å². The van der Waals surface area contributed by atoms with E-state index in [1.54, 1.807) is 0 Å². The van der Waals surface area contributed by atoms with E-state index in [0.29, 0.717) is 6.42 Å². The van der Waals surface area contributed by atoms with Gasteiger partial charge in [0.25, 0.3) is 6.47 Å². The van der Waals surface area contributed by atoms with E-state index in [-0.39, 0.29) is 24.6 Å². The number of likely N-dealkylation sites (tertiary alicyclic amines) is 1. The Bertz CT molecular complexity index is 513. The van der Waals surface area contributed by atoms with Crippen LogP contribution in [0.1, 0.15) is 18.4 Å². The maximum atomic E-state index is 11.0. The highest BCUT2D eigenvalue weighted by atomic mass is 16.5. The number of nitrogens with zero attached hydrogens (tertiary/aromatic N) is 1. The number of rotatable bonds is 4. The number of aryl methyl sites for hydroxylation is 1. The van der Waals surface area contributed by atoms with E-state index in [2.05, 4.69) is 24.0 Å². The van der Waals surface area contributed by atoms with Crippen molar-refractivity contribution in [2.75, 3.05) is 19.6 Å². The highest BCUT2D eigenvalue weighted by Gasteiger charge is 2.33. The van der Waals surface area contributed by atoms with E-state index < -0.39 is 0 Å². The van der Waals surface area contributed by atoms with Gasteiger partial charge in [0.2, 0.25) is 0 Å². The summed E-state index contributed by atoms with van der Waals surface area (Å²) in [7, 11) is 0. The van der Waals surface area contributed by atoms with Gasteiger partial charge in [-0.05, 0) is 31.0 Å². The Labute approximate surface area is 129 Å². The summed E-state index contributed by atoms with van der Waals surface area (Å²) in [5.74, 6) is 0.884. The first-order valence-electron chi connectivity index (χ1n) is 7.33. The minimum absolute atomic E-state index is 0.0573. The lowest BCUT2D eigenvalue weighted by molar-refractivity contribution is -0.142. The van der Waals surface area contributed by atoms with Gasteiger partial charge in [0.1, 0.15) is 18.0 Å². The molecule has 22 heavy (non-hydrogen) atoms. The van der Waals surface area contributed by atoms with E-state index in [4.69, 9.17) is 19.4 Å². The van der Waals surface area contributed by atoms with Gasteiger partial charge in [-0.15, -0.1) is 0 Å². The monoisotopic (exact) mass is 307 g/mol. The third kappa shape index (κ3) is 4.73. The first-order valence-corrected chi connectivity index (χ1v) is 7.33. The molecule has 2 aliphatic rings. The van der Waals surface area contributed by atoms with Crippen molar-refractivity contribution in [2.24, 2.45) is 0 Å². The molecule has 1 N–H and O–H groups in total. The average Bonchev–Trinajstić information content (AvgIpc) is 2.83. The fraction of sp³-hybridized carbons (Fsp3) is 0.500. The molecular formula is C16H21NO5. The SMILES string of the molecule is Cc1cccc(OC2CN(CC3CCC(=O)O3)C2)c1.O=CO. The van der Waals surface area contributed by atoms with Gasteiger partial charge in [0.15, 0.2) is 0 Å². The van der Waals surface area contributed by atoms with Crippen LogP contribution >= 0.6 is 0 Å². The quantitative estimate of drug-likeness (QED) is 0.670. The van der Waals surface area contributed by atoms with Gasteiger partial charge < -0.3 is 14.6 Å². The molecule has 3 rings (SSSR count). The average molecular weight is 307 g/mol. The lowest BCUT2D eigenvalue weighted by Gasteiger charge is -2.39. The summed E-state index contributed by atoms with van der Waals surface area (Å²) in [6, 6.07) is 8.13. The summed E-state index contributed by atoms with van der Waals surface area (Å²) in [4.78, 5) is 21.7. The summed E-state index contributed by atoms with van der Waals surface area (Å²) in [5.41, 5.74) is 1.21. The Hall–Kier alpha value is -2.08. The molecule has 6 heteroatoms. The molecule has 0 saturated carbocycles. The molecule has 6 nitrogen and oxygen atoms in total. The number of cyclic esters (lactones) is 1. The molecular weight excluding hydrogens is 286 g/mol. The van der Waals surface area contributed by atoms with Crippen molar-refractivity contribution >= 4 is 12.4 Å². The maximum absolute atomic E-state index is 11.0. The summed E-state index contributed by atoms with van der Waals surface area (Å²) >= 11 is 0. The summed E-state index contributed by atoms with van der Waals surface area (Å²) < 4.78 is 11.1. The standard InChI is InChI=1S/C15H19NO3.CH2O2/c1-11-3-2-4-12(7-11)18-14-9-16(10-14)8-13-5-6-15(17)19-13;2-1-3/h2-4,7,13-14H,5-6,8-10H2,1H3;1H,(H,2,3). The van der Waals surface area contributed by atoms with Crippen molar-refractivity contribution in [2.45, 2.75) is 32.0 Å².